The Morgan fingerprint density at radius 3 is 0.489 bits per heavy atom. The van der Waals surface area contributed by atoms with Gasteiger partial charge in [0.1, 0.15) is 6.79 Å². The van der Waals surface area contributed by atoms with Crippen LogP contribution in [0.2, 0.25) is 0 Å². The van der Waals surface area contributed by atoms with Crippen molar-refractivity contribution < 1.29 is 179 Å². The largest absolute Gasteiger partial charge is 0.400 e. The summed E-state index contributed by atoms with van der Waals surface area (Å²) in [5.41, 5.74) is 0. The number of ether oxygens (including phenoxy) is 8. The molecule has 0 amide bonds. The fourth-order valence-electron chi connectivity index (χ4n) is 1.22. The molecule has 4 radical (unpaired) electrons. The third-order valence-corrected chi connectivity index (χ3v) is 3.13. The molecule has 0 aromatic heterocycles. The van der Waals surface area contributed by atoms with Crippen molar-refractivity contribution in [3.8, 4) is 0 Å². The summed E-state index contributed by atoms with van der Waals surface area (Å²) in [4.78, 5) is 0. The Kier molecular flexibility index (Phi) is 234. The second-order valence-electron chi connectivity index (χ2n) is 6.13. The van der Waals surface area contributed by atoms with Crippen molar-refractivity contribution in [3.63, 3.8) is 0 Å². The molecule has 2 rings (SSSR count). The van der Waals surface area contributed by atoms with Gasteiger partial charge in [-0.15, -0.1) is 0 Å². The van der Waals surface area contributed by atoms with Crippen molar-refractivity contribution in [2.75, 3.05) is 118 Å². The standard InChI is InChI=1S/2C6H6.2C4H10O2.C3H8O2.2C3H8O.2CH4O.2CH3.4Y/c2*1-2-4-6-5-3-1;2*1-5-3-4-6-2;1-4-3-5-2;2*1-3-4-2;2*1-2;;;;;;/h2*1-6H;2*3-4H2,1-2H3;3H2,1-2H3;2*3H2,1-2H3;2*2H,1H3;2*1H3;;;;/q;;;;;;;;;2*-1;;;;. The first-order valence-electron chi connectivity index (χ1n) is 12.9. The van der Waals surface area contributed by atoms with Crippen LogP contribution in [-0.4, -0.2) is 128 Å². The van der Waals surface area contributed by atoms with Crippen LogP contribution in [0.4, 0.5) is 0 Å². The number of hydrogen-bond acceptors (Lipinski definition) is 10. The fourth-order valence-corrected chi connectivity index (χ4v) is 1.22. The Bertz CT molecular complexity index is 404. The van der Waals surface area contributed by atoms with E-state index in [0.717, 1.165) is 27.4 Å². The molecule has 2 aromatic rings. The van der Waals surface area contributed by atoms with Crippen LogP contribution in [0.1, 0.15) is 13.8 Å². The van der Waals surface area contributed by atoms with Gasteiger partial charge in [-0.2, -0.15) is 0 Å². The molecule has 10 nitrogen and oxygen atoms in total. The van der Waals surface area contributed by atoms with E-state index in [1.807, 2.05) is 86.6 Å². The molecule has 0 saturated heterocycles. The maximum Gasteiger partial charge on any atom is 0.145 e. The summed E-state index contributed by atoms with van der Waals surface area (Å²) in [7, 11) is 15.1. The van der Waals surface area contributed by atoms with Gasteiger partial charge in [0.25, 0.3) is 0 Å². The summed E-state index contributed by atoms with van der Waals surface area (Å²) in [6, 6.07) is 24.0. The van der Waals surface area contributed by atoms with Gasteiger partial charge in [-0.3, -0.25) is 0 Å². The first-order chi connectivity index (χ1) is 20.1. The summed E-state index contributed by atoms with van der Waals surface area (Å²) in [5, 5.41) is 14.0. The van der Waals surface area contributed by atoms with Crippen molar-refractivity contribution in [2.45, 2.75) is 13.8 Å². The first kappa shape index (κ1) is 87.4. The Labute approximate surface area is 392 Å². The summed E-state index contributed by atoms with van der Waals surface area (Å²) in [6.07, 6.45) is 0. The van der Waals surface area contributed by atoms with E-state index in [4.69, 9.17) is 10.2 Å². The van der Waals surface area contributed by atoms with Gasteiger partial charge >= 0.3 is 0 Å². The third-order valence-electron chi connectivity index (χ3n) is 3.13. The molecule has 0 saturated carbocycles. The SMILES string of the molecule is CCOC.CCOC.CO.CO.COCCOC.COCCOC.COCOC.[CH3-].[CH3-].[Y].[Y].[Y].[Y].c1ccccc1.c1ccccc1. The van der Waals surface area contributed by atoms with Crippen molar-refractivity contribution in [3.05, 3.63) is 87.6 Å². The number of aliphatic hydroxyl groups excluding tert-OH is 2. The van der Waals surface area contributed by atoms with Gasteiger partial charge in [0.15, 0.2) is 0 Å². The Balaban J connectivity index is -0.0000000252. The zero-order valence-corrected chi connectivity index (χ0v) is 43.7. The van der Waals surface area contributed by atoms with Crippen LogP contribution >= 0.6 is 0 Å². The smallest absolute Gasteiger partial charge is 0.145 e. The summed E-state index contributed by atoms with van der Waals surface area (Å²) in [6.45, 7) is 8.71. The van der Waals surface area contributed by atoms with Crippen LogP contribution < -0.4 is 0 Å². The molecule has 0 bridgehead atoms. The number of rotatable bonds is 10. The predicted molar refractivity (Wildman–Crippen MR) is 183 cm³/mol. The van der Waals surface area contributed by atoms with Gasteiger partial charge in [0.2, 0.25) is 0 Å². The minimum atomic E-state index is 0. The molecule has 276 valence electrons. The molecule has 0 fully saturated rings. The monoisotopic (exact) mass is 982 g/mol. The average molecular weight is 983 g/mol. The fraction of sp³-hybridized carbons (Fsp3) is 0.576. The van der Waals surface area contributed by atoms with E-state index in [0.29, 0.717) is 33.2 Å². The molecule has 2 aromatic carbocycles. The predicted octanol–water partition coefficient (Wildman–Crippen LogP) is 5.58. The van der Waals surface area contributed by atoms with Crippen LogP contribution in [0.5, 0.6) is 0 Å². The summed E-state index contributed by atoms with van der Waals surface area (Å²) in [5.74, 6) is 0. The molecular formula is C33H70O10Y4-2. The van der Waals surface area contributed by atoms with E-state index in [2.05, 4.69) is 37.9 Å². The second-order valence-corrected chi connectivity index (χ2v) is 6.13. The van der Waals surface area contributed by atoms with Gasteiger partial charge < -0.3 is 63.0 Å². The molecule has 0 unspecified atom stereocenters. The van der Waals surface area contributed by atoms with Gasteiger partial charge in [0, 0.05) is 215 Å². The van der Waals surface area contributed by atoms with E-state index >= 15 is 0 Å². The van der Waals surface area contributed by atoms with Gasteiger partial charge in [-0.1, -0.05) is 72.8 Å². The molecule has 47 heavy (non-hydrogen) atoms. The van der Waals surface area contributed by atoms with Crippen LogP contribution in [0.3, 0.4) is 0 Å². The Morgan fingerprint density at radius 2 is 0.447 bits per heavy atom. The normalized spacial score (nSPS) is 6.77. The van der Waals surface area contributed by atoms with Crippen molar-refractivity contribution >= 4 is 0 Å². The van der Waals surface area contributed by atoms with Gasteiger partial charge in [0.05, 0.1) is 26.4 Å². The maximum atomic E-state index is 7.00. The molecule has 0 spiro atoms. The van der Waals surface area contributed by atoms with Crippen molar-refractivity contribution in [1.29, 1.82) is 0 Å². The molecule has 0 aliphatic heterocycles. The van der Waals surface area contributed by atoms with Crippen LogP contribution in [0.25, 0.3) is 0 Å². The minimum absolute atomic E-state index is 0. The molecular weight excluding hydrogens is 912 g/mol. The maximum absolute atomic E-state index is 7.00. The molecule has 14 heteroatoms. The van der Waals surface area contributed by atoms with E-state index < -0.39 is 0 Å². The number of benzene rings is 2. The quantitative estimate of drug-likeness (QED) is 0.178. The van der Waals surface area contributed by atoms with Crippen molar-refractivity contribution in [2.24, 2.45) is 0 Å². The average Bonchev–Trinajstić information content (AvgIpc) is 3.08. The topological polar surface area (TPSA) is 114 Å². The van der Waals surface area contributed by atoms with E-state index in [-0.39, 0.29) is 146 Å². The molecule has 0 aliphatic carbocycles. The van der Waals surface area contributed by atoms with E-state index in [9.17, 15) is 0 Å². The Hall–Kier alpha value is 2.46. The summed E-state index contributed by atoms with van der Waals surface area (Å²) >= 11 is 0. The number of hydrogen-bond donors (Lipinski definition) is 2. The molecule has 0 heterocycles. The number of aliphatic hydroxyl groups is 2. The first-order valence-corrected chi connectivity index (χ1v) is 12.9. The van der Waals surface area contributed by atoms with Gasteiger partial charge in [-0.05, 0) is 13.8 Å². The van der Waals surface area contributed by atoms with Crippen molar-refractivity contribution in [1.82, 2.24) is 0 Å². The second kappa shape index (κ2) is 126. The Morgan fingerprint density at radius 1 is 0.319 bits per heavy atom. The molecule has 0 aliphatic rings. The zero-order chi connectivity index (χ0) is 33.1. The van der Waals surface area contributed by atoms with Crippen LogP contribution in [-0.2, 0) is 169 Å². The summed E-state index contributed by atoms with van der Waals surface area (Å²) < 4.78 is 36.6. The molecule has 2 N–H and O–H groups in total. The van der Waals surface area contributed by atoms with Gasteiger partial charge in [-0.25, -0.2) is 0 Å². The van der Waals surface area contributed by atoms with Crippen LogP contribution in [0, 0.1) is 14.9 Å². The van der Waals surface area contributed by atoms with E-state index in [1.54, 1.807) is 56.9 Å². The van der Waals surface area contributed by atoms with E-state index in [1.165, 1.54) is 0 Å². The minimum Gasteiger partial charge on any atom is -0.400 e. The third kappa shape index (κ3) is 175. The zero-order valence-electron chi connectivity index (χ0n) is 32.3. The number of methoxy groups -OCH3 is 8. The van der Waals surface area contributed by atoms with Crippen LogP contribution in [0.15, 0.2) is 72.8 Å². The molecule has 0 atom stereocenters.